The van der Waals surface area contributed by atoms with E-state index < -0.39 is 0 Å². The maximum Gasteiger partial charge on any atom is 0.0638 e. The summed E-state index contributed by atoms with van der Waals surface area (Å²) >= 11 is 0. The van der Waals surface area contributed by atoms with Crippen LogP contribution in [0.25, 0.3) is 0 Å². The van der Waals surface area contributed by atoms with Crippen LogP contribution in [0.3, 0.4) is 0 Å². The van der Waals surface area contributed by atoms with E-state index in [4.69, 9.17) is 0 Å². The summed E-state index contributed by atoms with van der Waals surface area (Å²) in [5.74, 6) is 0.834. The third-order valence-corrected chi connectivity index (χ3v) is 3.76. The number of nitrogens with zero attached hydrogens (tertiary/aromatic N) is 2. The van der Waals surface area contributed by atoms with Gasteiger partial charge in [0.15, 0.2) is 0 Å². The lowest BCUT2D eigenvalue weighted by Gasteiger charge is -2.06. The Morgan fingerprint density at radius 2 is 2.16 bits per heavy atom. The van der Waals surface area contributed by atoms with E-state index in [2.05, 4.69) is 47.8 Å². The first-order valence-electron chi connectivity index (χ1n) is 7.01. The lowest BCUT2D eigenvalue weighted by atomic mass is 10.1. The summed E-state index contributed by atoms with van der Waals surface area (Å²) in [7, 11) is 1.97. The summed E-state index contributed by atoms with van der Waals surface area (Å²) in [6.45, 7) is 3.87. The zero-order chi connectivity index (χ0) is 13.2. The molecule has 0 aliphatic heterocycles. The molecule has 3 nitrogen and oxygen atoms in total. The second-order valence-corrected chi connectivity index (χ2v) is 5.54. The van der Waals surface area contributed by atoms with Crippen LogP contribution in [0.2, 0.25) is 0 Å². The van der Waals surface area contributed by atoms with Gasteiger partial charge < -0.3 is 5.32 Å². The molecular weight excluding hydrogens is 234 g/mol. The van der Waals surface area contributed by atoms with Crippen molar-refractivity contribution >= 4 is 0 Å². The number of nitrogens with one attached hydrogen (secondary N) is 1. The average Bonchev–Trinajstić information content (AvgIpc) is 3.17. The predicted octanol–water partition coefficient (Wildman–Crippen LogP) is 2.90. The molecule has 100 valence electrons. The fraction of sp³-hybridized carbons (Fsp3) is 0.438. The second-order valence-electron chi connectivity index (χ2n) is 5.54. The minimum Gasteiger partial charge on any atom is -0.308 e. The number of rotatable bonds is 5. The van der Waals surface area contributed by atoms with Gasteiger partial charge in [-0.1, -0.05) is 24.3 Å². The van der Waals surface area contributed by atoms with Gasteiger partial charge in [-0.15, -0.1) is 0 Å². The molecule has 1 heterocycles. The fourth-order valence-electron chi connectivity index (χ4n) is 2.54. The van der Waals surface area contributed by atoms with Crippen LogP contribution < -0.4 is 5.32 Å². The monoisotopic (exact) mass is 255 g/mol. The fourth-order valence-corrected chi connectivity index (χ4v) is 2.54. The molecule has 1 N–H and O–H groups in total. The average molecular weight is 255 g/mol. The first-order valence-corrected chi connectivity index (χ1v) is 7.01. The number of aromatic nitrogens is 2. The Labute approximate surface area is 114 Å². The lowest BCUT2D eigenvalue weighted by molar-refractivity contribution is 0.689. The van der Waals surface area contributed by atoms with E-state index in [9.17, 15) is 0 Å². The third kappa shape index (κ3) is 3.04. The van der Waals surface area contributed by atoms with Crippen molar-refractivity contribution in [3.63, 3.8) is 0 Å². The molecule has 1 fully saturated rings. The van der Waals surface area contributed by atoms with Crippen molar-refractivity contribution in [1.29, 1.82) is 0 Å². The summed E-state index contributed by atoms with van der Waals surface area (Å²) in [6.07, 6.45) is 4.82. The van der Waals surface area contributed by atoms with Crippen LogP contribution >= 0.6 is 0 Å². The van der Waals surface area contributed by atoms with Gasteiger partial charge in [0.1, 0.15) is 0 Å². The van der Waals surface area contributed by atoms with Crippen LogP contribution in [0.15, 0.2) is 30.5 Å². The molecule has 1 aliphatic rings. The minimum atomic E-state index is 0.834. The molecule has 0 atom stereocenters. The van der Waals surface area contributed by atoms with Crippen LogP contribution in [0.1, 0.15) is 41.1 Å². The Hall–Kier alpha value is -1.61. The summed E-state index contributed by atoms with van der Waals surface area (Å²) in [5, 5.41) is 7.86. The van der Waals surface area contributed by atoms with Crippen molar-refractivity contribution in [3.8, 4) is 0 Å². The van der Waals surface area contributed by atoms with Crippen molar-refractivity contribution in [3.05, 3.63) is 52.8 Å². The smallest absolute Gasteiger partial charge is 0.0638 e. The van der Waals surface area contributed by atoms with Crippen molar-refractivity contribution < 1.29 is 0 Å². The molecule has 2 aromatic rings. The van der Waals surface area contributed by atoms with Crippen LogP contribution in [0.4, 0.5) is 0 Å². The molecule has 1 saturated carbocycles. The van der Waals surface area contributed by atoms with E-state index in [1.165, 1.54) is 29.5 Å². The van der Waals surface area contributed by atoms with E-state index in [1.807, 2.05) is 11.7 Å². The maximum atomic E-state index is 4.36. The molecule has 19 heavy (non-hydrogen) atoms. The summed E-state index contributed by atoms with van der Waals surface area (Å²) in [5.41, 5.74) is 5.28. The van der Waals surface area contributed by atoms with Crippen molar-refractivity contribution in [2.75, 3.05) is 0 Å². The Kier molecular flexibility index (Phi) is 3.38. The molecule has 0 saturated heterocycles. The van der Waals surface area contributed by atoms with Gasteiger partial charge in [0.25, 0.3) is 0 Å². The normalized spacial score (nSPS) is 14.8. The molecule has 0 spiro atoms. The van der Waals surface area contributed by atoms with Crippen LogP contribution in [0, 0.1) is 6.92 Å². The number of aryl methyl sites for hydroxylation is 2. The standard InChI is InChI=1S/C16H21N3/c1-12-16(11-19(2)18-12)10-17-9-13-4-3-5-15(8-13)14-6-7-14/h3-5,8,11,14,17H,6-7,9-10H2,1-2H3. The highest BCUT2D eigenvalue weighted by atomic mass is 15.2. The maximum absolute atomic E-state index is 4.36. The molecule has 1 aromatic carbocycles. The Bertz CT molecular complexity index is 567. The van der Waals surface area contributed by atoms with Gasteiger partial charge in [0.05, 0.1) is 5.69 Å². The van der Waals surface area contributed by atoms with Crippen molar-refractivity contribution in [1.82, 2.24) is 15.1 Å². The van der Waals surface area contributed by atoms with Crippen molar-refractivity contribution in [2.45, 2.75) is 38.8 Å². The molecular formula is C16H21N3. The van der Waals surface area contributed by atoms with E-state index >= 15 is 0 Å². The SMILES string of the molecule is Cc1nn(C)cc1CNCc1cccc(C2CC2)c1. The first-order chi connectivity index (χ1) is 9.22. The topological polar surface area (TPSA) is 29.9 Å². The Morgan fingerprint density at radius 3 is 2.84 bits per heavy atom. The Balaban J connectivity index is 1.57. The molecule has 1 aliphatic carbocycles. The number of benzene rings is 1. The van der Waals surface area contributed by atoms with Crippen LogP contribution in [0.5, 0.6) is 0 Å². The second kappa shape index (κ2) is 5.17. The molecule has 0 bridgehead atoms. The summed E-state index contributed by atoms with van der Waals surface area (Å²) in [6, 6.07) is 8.99. The zero-order valence-corrected chi connectivity index (χ0v) is 11.7. The predicted molar refractivity (Wildman–Crippen MR) is 76.9 cm³/mol. The number of hydrogen-bond acceptors (Lipinski definition) is 2. The van der Waals surface area contributed by atoms with E-state index in [-0.39, 0.29) is 0 Å². The van der Waals surface area contributed by atoms with Gasteiger partial charge in [-0.2, -0.15) is 5.10 Å². The highest BCUT2D eigenvalue weighted by Crippen LogP contribution is 2.40. The summed E-state index contributed by atoms with van der Waals surface area (Å²) < 4.78 is 1.88. The molecule has 3 rings (SSSR count). The van der Waals surface area contributed by atoms with E-state index in [0.717, 1.165) is 24.7 Å². The molecule has 3 heteroatoms. The van der Waals surface area contributed by atoms with Gasteiger partial charge in [-0.25, -0.2) is 0 Å². The van der Waals surface area contributed by atoms with Gasteiger partial charge in [-0.3, -0.25) is 4.68 Å². The highest BCUT2D eigenvalue weighted by Gasteiger charge is 2.23. The third-order valence-electron chi connectivity index (χ3n) is 3.76. The Morgan fingerprint density at radius 1 is 1.32 bits per heavy atom. The zero-order valence-electron chi connectivity index (χ0n) is 11.7. The van der Waals surface area contributed by atoms with Gasteiger partial charge in [0, 0.05) is 31.9 Å². The molecule has 1 aromatic heterocycles. The van der Waals surface area contributed by atoms with Crippen molar-refractivity contribution in [2.24, 2.45) is 7.05 Å². The van der Waals surface area contributed by atoms with E-state index in [0.29, 0.717) is 0 Å². The first kappa shape index (κ1) is 12.4. The number of hydrogen-bond donors (Lipinski definition) is 1. The van der Waals surface area contributed by atoms with Gasteiger partial charge >= 0.3 is 0 Å². The molecule has 0 unspecified atom stereocenters. The summed E-state index contributed by atoms with van der Waals surface area (Å²) in [4.78, 5) is 0. The highest BCUT2D eigenvalue weighted by molar-refractivity contribution is 5.29. The molecule has 0 amide bonds. The van der Waals surface area contributed by atoms with E-state index in [1.54, 1.807) is 0 Å². The van der Waals surface area contributed by atoms with Gasteiger partial charge in [-0.05, 0) is 36.8 Å². The van der Waals surface area contributed by atoms with Crippen LogP contribution in [-0.2, 0) is 20.1 Å². The van der Waals surface area contributed by atoms with Crippen LogP contribution in [-0.4, -0.2) is 9.78 Å². The van der Waals surface area contributed by atoms with Gasteiger partial charge in [0.2, 0.25) is 0 Å². The molecule has 0 radical (unpaired) electrons. The quantitative estimate of drug-likeness (QED) is 0.890. The lowest BCUT2D eigenvalue weighted by Crippen LogP contribution is -2.13. The minimum absolute atomic E-state index is 0.834. The largest absolute Gasteiger partial charge is 0.308 e.